The molecule has 2 amide bonds. The Kier molecular flexibility index (Phi) is 7.26. The Morgan fingerprint density at radius 3 is 2.35 bits per heavy atom. The van der Waals surface area contributed by atoms with E-state index in [-0.39, 0.29) is 12.1 Å². The van der Waals surface area contributed by atoms with Crippen molar-refractivity contribution in [1.82, 2.24) is 20.5 Å². The van der Waals surface area contributed by atoms with Gasteiger partial charge in [0.1, 0.15) is 0 Å². The lowest BCUT2D eigenvalue weighted by Gasteiger charge is -2.26. The highest BCUT2D eigenvalue weighted by atomic mass is 16.5. The molecule has 31 heavy (non-hydrogen) atoms. The number of urea groups is 1. The molecule has 2 aromatic carbocycles. The van der Waals surface area contributed by atoms with Crippen LogP contribution in [-0.2, 0) is 17.8 Å². The van der Waals surface area contributed by atoms with E-state index >= 15 is 0 Å². The molecule has 2 N–H and O–H groups in total. The average Bonchev–Trinajstić information content (AvgIpc) is 2.84. The number of pyridine rings is 1. The highest BCUT2D eigenvalue weighted by Crippen LogP contribution is 2.19. The van der Waals surface area contributed by atoms with Gasteiger partial charge in [0.25, 0.3) is 0 Å². The molecule has 1 aliphatic heterocycles. The predicted octanol–water partition coefficient (Wildman–Crippen LogP) is 3.50. The Morgan fingerprint density at radius 1 is 0.935 bits per heavy atom. The Hall–Kier alpha value is -3.22. The van der Waals surface area contributed by atoms with Crippen molar-refractivity contribution >= 4 is 6.03 Å². The molecule has 2 heterocycles. The molecule has 1 saturated heterocycles. The molecule has 1 aromatic heterocycles. The van der Waals surface area contributed by atoms with Crippen LogP contribution in [0.25, 0.3) is 0 Å². The molecule has 6 nitrogen and oxygen atoms in total. The summed E-state index contributed by atoms with van der Waals surface area (Å²) in [4.78, 5) is 19.5. The maximum absolute atomic E-state index is 12.6. The summed E-state index contributed by atoms with van der Waals surface area (Å²) in [6.45, 7) is 4.96. The summed E-state index contributed by atoms with van der Waals surface area (Å²) in [6.07, 6.45) is 1.74. The second kappa shape index (κ2) is 10.7. The first-order valence-corrected chi connectivity index (χ1v) is 10.7. The smallest absolute Gasteiger partial charge is 0.315 e. The standard InChI is InChI=1S/C25H28N4O2/c30-25(28-24(22-6-2-1-3-7-22)23-8-4-5-13-26-23)27-18-20-9-11-21(12-10-20)19-29-14-16-31-17-15-29/h1-13,24H,14-19H2,(H2,27,28,30). The van der Waals surface area contributed by atoms with Gasteiger partial charge in [-0.15, -0.1) is 0 Å². The maximum atomic E-state index is 12.6. The number of carbonyl (C=O) groups is 1. The molecule has 0 spiro atoms. The summed E-state index contributed by atoms with van der Waals surface area (Å²) < 4.78 is 5.40. The van der Waals surface area contributed by atoms with Gasteiger partial charge in [-0.1, -0.05) is 60.7 Å². The van der Waals surface area contributed by atoms with E-state index < -0.39 is 0 Å². The molecule has 4 rings (SSSR count). The van der Waals surface area contributed by atoms with E-state index in [1.165, 1.54) is 5.56 Å². The van der Waals surface area contributed by atoms with Gasteiger partial charge in [-0.05, 0) is 28.8 Å². The Morgan fingerprint density at radius 2 is 1.65 bits per heavy atom. The van der Waals surface area contributed by atoms with Crippen LogP contribution < -0.4 is 10.6 Å². The minimum atomic E-state index is -0.307. The highest BCUT2D eigenvalue weighted by molar-refractivity contribution is 5.75. The van der Waals surface area contributed by atoms with Crippen LogP contribution in [0.4, 0.5) is 4.79 Å². The van der Waals surface area contributed by atoms with Crippen LogP contribution in [0.1, 0.15) is 28.4 Å². The number of nitrogens with zero attached hydrogens (tertiary/aromatic N) is 2. The third-order valence-corrected chi connectivity index (χ3v) is 5.38. The fourth-order valence-corrected chi connectivity index (χ4v) is 3.66. The fourth-order valence-electron chi connectivity index (χ4n) is 3.66. The Balaban J connectivity index is 1.33. The van der Waals surface area contributed by atoms with Gasteiger partial charge in [0, 0.05) is 32.4 Å². The number of benzene rings is 2. The SMILES string of the molecule is O=C(NCc1ccc(CN2CCOCC2)cc1)NC(c1ccccc1)c1ccccn1. The number of rotatable bonds is 7. The summed E-state index contributed by atoms with van der Waals surface area (Å²) in [6, 6.07) is 23.5. The van der Waals surface area contributed by atoms with Crippen LogP contribution in [0.15, 0.2) is 79.0 Å². The molecule has 0 bridgehead atoms. The van der Waals surface area contributed by atoms with Crippen molar-refractivity contribution in [3.63, 3.8) is 0 Å². The number of amides is 2. The zero-order chi connectivity index (χ0) is 21.3. The largest absolute Gasteiger partial charge is 0.379 e. The van der Waals surface area contributed by atoms with Gasteiger partial charge in [-0.25, -0.2) is 4.79 Å². The summed E-state index contributed by atoms with van der Waals surface area (Å²) in [5, 5.41) is 6.02. The van der Waals surface area contributed by atoms with Gasteiger partial charge in [-0.3, -0.25) is 9.88 Å². The van der Waals surface area contributed by atoms with Crippen molar-refractivity contribution in [2.75, 3.05) is 26.3 Å². The minimum absolute atomic E-state index is 0.225. The average molecular weight is 417 g/mol. The molecular weight excluding hydrogens is 388 g/mol. The number of morpholine rings is 1. The lowest BCUT2D eigenvalue weighted by atomic mass is 10.0. The van der Waals surface area contributed by atoms with Crippen LogP contribution in [0.5, 0.6) is 0 Å². The molecule has 0 radical (unpaired) electrons. The summed E-state index contributed by atoms with van der Waals surface area (Å²) in [7, 11) is 0. The monoisotopic (exact) mass is 416 g/mol. The number of hydrogen-bond donors (Lipinski definition) is 2. The van der Waals surface area contributed by atoms with Crippen molar-refractivity contribution in [3.05, 3.63) is 101 Å². The van der Waals surface area contributed by atoms with E-state index in [0.717, 1.165) is 49.7 Å². The molecule has 1 atom stereocenters. The second-order valence-corrected chi connectivity index (χ2v) is 7.63. The van der Waals surface area contributed by atoms with E-state index in [0.29, 0.717) is 6.54 Å². The molecule has 6 heteroatoms. The number of nitrogens with one attached hydrogen (secondary N) is 2. The van der Waals surface area contributed by atoms with E-state index in [4.69, 9.17) is 4.74 Å². The van der Waals surface area contributed by atoms with Crippen molar-refractivity contribution in [1.29, 1.82) is 0 Å². The van der Waals surface area contributed by atoms with E-state index in [1.807, 2.05) is 48.5 Å². The van der Waals surface area contributed by atoms with Crippen LogP contribution >= 0.6 is 0 Å². The molecule has 1 aliphatic rings. The summed E-state index contributed by atoms with van der Waals surface area (Å²) >= 11 is 0. The van der Waals surface area contributed by atoms with Crippen molar-refractivity contribution < 1.29 is 9.53 Å². The first kappa shape index (κ1) is 21.0. The third-order valence-electron chi connectivity index (χ3n) is 5.38. The molecule has 0 saturated carbocycles. The number of aromatic nitrogens is 1. The second-order valence-electron chi connectivity index (χ2n) is 7.63. The van der Waals surface area contributed by atoms with Gasteiger partial charge in [0.2, 0.25) is 0 Å². The van der Waals surface area contributed by atoms with Gasteiger partial charge in [0.15, 0.2) is 0 Å². The van der Waals surface area contributed by atoms with Gasteiger partial charge < -0.3 is 15.4 Å². The normalized spacial score (nSPS) is 15.2. The van der Waals surface area contributed by atoms with Crippen LogP contribution in [0, 0.1) is 0 Å². The molecule has 3 aromatic rings. The number of carbonyl (C=O) groups excluding carboxylic acids is 1. The molecule has 1 unspecified atom stereocenters. The van der Waals surface area contributed by atoms with Gasteiger partial charge in [0.05, 0.1) is 24.9 Å². The molecular formula is C25H28N4O2. The first-order valence-electron chi connectivity index (χ1n) is 10.7. The van der Waals surface area contributed by atoms with Crippen LogP contribution in [0.3, 0.4) is 0 Å². The summed E-state index contributed by atoms with van der Waals surface area (Å²) in [5.41, 5.74) is 4.13. The first-order chi connectivity index (χ1) is 15.3. The minimum Gasteiger partial charge on any atom is -0.379 e. The quantitative estimate of drug-likeness (QED) is 0.619. The van der Waals surface area contributed by atoms with E-state index in [1.54, 1.807) is 6.20 Å². The molecule has 160 valence electrons. The zero-order valence-corrected chi connectivity index (χ0v) is 17.5. The summed E-state index contributed by atoms with van der Waals surface area (Å²) in [5.74, 6) is 0. The topological polar surface area (TPSA) is 66.5 Å². The Bertz CT molecular complexity index is 903. The number of ether oxygens (including phenoxy) is 1. The highest BCUT2D eigenvalue weighted by Gasteiger charge is 2.17. The van der Waals surface area contributed by atoms with Crippen LogP contribution in [0.2, 0.25) is 0 Å². The lowest BCUT2D eigenvalue weighted by molar-refractivity contribution is 0.0342. The fraction of sp³-hybridized carbons (Fsp3) is 0.280. The van der Waals surface area contributed by atoms with Crippen molar-refractivity contribution in [3.8, 4) is 0 Å². The van der Waals surface area contributed by atoms with Crippen molar-refractivity contribution in [2.45, 2.75) is 19.1 Å². The molecule has 1 fully saturated rings. The van der Waals surface area contributed by atoms with Crippen LogP contribution in [-0.4, -0.2) is 42.2 Å². The third kappa shape index (κ3) is 6.13. The maximum Gasteiger partial charge on any atom is 0.315 e. The van der Waals surface area contributed by atoms with Crippen molar-refractivity contribution in [2.24, 2.45) is 0 Å². The predicted molar refractivity (Wildman–Crippen MR) is 120 cm³/mol. The Labute approximate surface area is 183 Å². The zero-order valence-electron chi connectivity index (χ0n) is 17.5. The van der Waals surface area contributed by atoms with E-state index in [9.17, 15) is 4.79 Å². The van der Waals surface area contributed by atoms with Gasteiger partial charge >= 0.3 is 6.03 Å². The van der Waals surface area contributed by atoms with E-state index in [2.05, 4.69) is 44.8 Å². The number of hydrogen-bond acceptors (Lipinski definition) is 4. The lowest BCUT2D eigenvalue weighted by Crippen LogP contribution is -2.38. The van der Waals surface area contributed by atoms with Gasteiger partial charge in [-0.2, -0.15) is 0 Å². The molecule has 0 aliphatic carbocycles.